The van der Waals surface area contributed by atoms with Gasteiger partial charge in [-0.2, -0.15) is 0 Å². The maximum absolute atomic E-state index is 13.8. The van der Waals surface area contributed by atoms with E-state index in [4.69, 9.17) is 21.1 Å². The number of nitrogens with one attached hydrogen (secondary N) is 1. The van der Waals surface area contributed by atoms with E-state index in [1.54, 1.807) is 12.0 Å². The molecule has 2 aliphatic carbocycles. The fourth-order valence-corrected chi connectivity index (χ4v) is 5.39. The first-order valence-corrected chi connectivity index (χ1v) is 14.0. The maximum Gasteiger partial charge on any atom is 0.247 e. The quantitative estimate of drug-likeness (QED) is 0.280. The molecular weight excluding hydrogens is 476 g/mol. The lowest BCUT2D eigenvalue weighted by molar-refractivity contribution is -0.139. The first-order valence-electron chi connectivity index (χ1n) is 13.5. The normalized spacial score (nSPS) is 20.9. The molecular formula is C29H43ClN2O4. The van der Waals surface area contributed by atoms with Crippen LogP contribution in [0.4, 0.5) is 0 Å². The summed E-state index contributed by atoms with van der Waals surface area (Å²) in [5, 5.41) is 3.26. The lowest BCUT2D eigenvalue weighted by Gasteiger charge is -2.34. The smallest absolute Gasteiger partial charge is 0.247 e. The zero-order valence-corrected chi connectivity index (χ0v) is 23.1. The average Bonchev–Trinajstić information content (AvgIpc) is 2.88. The third-order valence-electron chi connectivity index (χ3n) is 7.28. The predicted octanol–water partition coefficient (Wildman–Crippen LogP) is 6.18. The molecule has 2 amide bonds. The summed E-state index contributed by atoms with van der Waals surface area (Å²) in [5.74, 6) is 1.26. The Morgan fingerprint density at radius 3 is 2.50 bits per heavy atom. The monoisotopic (exact) mass is 518 g/mol. The summed E-state index contributed by atoms with van der Waals surface area (Å²) in [6, 6.07) is 4.84. The van der Waals surface area contributed by atoms with Gasteiger partial charge in [-0.15, -0.1) is 11.6 Å². The minimum absolute atomic E-state index is 0.0179. The van der Waals surface area contributed by atoms with Gasteiger partial charge in [-0.05, 0) is 95.2 Å². The number of carbonyl (C=O) groups excluding carboxylic acids is 2. The van der Waals surface area contributed by atoms with Crippen LogP contribution < -0.4 is 14.8 Å². The van der Waals surface area contributed by atoms with Crippen LogP contribution >= 0.6 is 11.6 Å². The molecule has 200 valence electrons. The molecule has 3 rings (SSSR count). The second kappa shape index (κ2) is 13.9. The Hall–Kier alpha value is -2.21. The topological polar surface area (TPSA) is 67.9 Å². The number of methoxy groups -OCH3 is 1. The molecule has 1 fully saturated rings. The fraction of sp³-hybridized carbons (Fsp3) is 0.655. The van der Waals surface area contributed by atoms with E-state index in [2.05, 4.69) is 18.3 Å². The highest BCUT2D eigenvalue weighted by molar-refractivity contribution is 6.27. The van der Waals surface area contributed by atoms with Gasteiger partial charge in [0.1, 0.15) is 11.9 Å². The van der Waals surface area contributed by atoms with E-state index in [1.165, 1.54) is 18.4 Å². The van der Waals surface area contributed by atoms with Crippen LogP contribution in [0, 0.1) is 5.92 Å². The SMILES string of the molecule is COc1cc([C@@H](C(=O)NC2CCC(C)CC2)N(CCC2=CCCCC2)C(=O)CCl)ccc1OC(C)C. The number of hydrogen-bond donors (Lipinski definition) is 1. The summed E-state index contributed by atoms with van der Waals surface area (Å²) in [6.07, 6.45) is 11.7. The molecule has 1 aromatic carbocycles. The van der Waals surface area contributed by atoms with Crippen LogP contribution in [0.5, 0.6) is 11.5 Å². The van der Waals surface area contributed by atoms with Gasteiger partial charge in [-0.1, -0.05) is 24.6 Å². The van der Waals surface area contributed by atoms with E-state index < -0.39 is 6.04 Å². The molecule has 1 saturated carbocycles. The highest BCUT2D eigenvalue weighted by Gasteiger charge is 2.33. The largest absolute Gasteiger partial charge is 0.493 e. The molecule has 1 aromatic rings. The summed E-state index contributed by atoms with van der Waals surface area (Å²) in [7, 11) is 1.59. The van der Waals surface area contributed by atoms with Crippen molar-refractivity contribution in [3.63, 3.8) is 0 Å². The van der Waals surface area contributed by atoms with Gasteiger partial charge in [0.15, 0.2) is 11.5 Å². The maximum atomic E-state index is 13.8. The molecule has 0 bridgehead atoms. The van der Waals surface area contributed by atoms with E-state index in [0.717, 1.165) is 44.9 Å². The van der Waals surface area contributed by atoms with Gasteiger partial charge in [-0.3, -0.25) is 9.59 Å². The van der Waals surface area contributed by atoms with Gasteiger partial charge in [0, 0.05) is 12.6 Å². The molecule has 0 spiro atoms. The molecule has 0 aliphatic heterocycles. The first-order chi connectivity index (χ1) is 17.3. The number of ether oxygens (including phenoxy) is 2. The molecule has 0 radical (unpaired) electrons. The van der Waals surface area contributed by atoms with Crippen LogP contribution in [0.15, 0.2) is 29.8 Å². The third kappa shape index (κ3) is 7.89. The number of hydrogen-bond acceptors (Lipinski definition) is 4. The fourth-order valence-electron chi connectivity index (χ4n) is 5.23. The molecule has 0 heterocycles. The average molecular weight is 519 g/mol. The van der Waals surface area contributed by atoms with E-state index in [-0.39, 0.29) is 29.8 Å². The Balaban J connectivity index is 1.92. The number of allylic oxidation sites excluding steroid dienone is 1. The van der Waals surface area contributed by atoms with Gasteiger partial charge in [-0.25, -0.2) is 0 Å². The summed E-state index contributed by atoms with van der Waals surface area (Å²) in [5.41, 5.74) is 2.05. The van der Waals surface area contributed by atoms with Crippen LogP contribution in [0.25, 0.3) is 0 Å². The summed E-state index contributed by atoms with van der Waals surface area (Å²) in [6.45, 7) is 6.61. The third-order valence-corrected chi connectivity index (χ3v) is 7.51. The minimum Gasteiger partial charge on any atom is -0.493 e. The zero-order valence-electron chi connectivity index (χ0n) is 22.4. The van der Waals surface area contributed by atoms with E-state index >= 15 is 0 Å². The van der Waals surface area contributed by atoms with E-state index in [0.29, 0.717) is 29.5 Å². The van der Waals surface area contributed by atoms with E-state index in [9.17, 15) is 9.59 Å². The number of nitrogens with zero attached hydrogens (tertiary/aromatic N) is 1. The van der Waals surface area contributed by atoms with Gasteiger partial charge < -0.3 is 19.7 Å². The van der Waals surface area contributed by atoms with Crippen molar-refractivity contribution in [1.82, 2.24) is 10.2 Å². The van der Waals surface area contributed by atoms with Crippen molar-refractivity contribution >= 4 is 23.4 Å². The van der Waals surface area contributed by atoms with Crippen molar-refractivity contribution in [3.8, 4) is 11.5 Å². The summed E-state index contributed by atoms with van der Waals surface area (Å²) >= 11 is 6.07. The Kier molecular flexibility index (Phi) is 11.0. The second-order valence-electron chi connectivity index (χ2n) is 10.5. The Bertz CT molecular complexity index is 909. The van der Waals surface area contributed by atoms with Gasteiger partial charge in [0.05, 0.1) is 13.2 Å². The van der Waals surface area contributed by atoms with Gasteiger partial charge >= 0.3 is 0 Å². The van der Waals surface area contributed by atoms with E-state index in [1.807, 2.05) is 32.0 Å². The predicted molar refractivity (Wildman–Crippen MR) is 145 cm³/mol. The second-order valence-corrected chi connectivity index (χ2v) is 10.8. The van der Waals surface area contributed by atoms with Crippen LogP contribution in [0.3, 0.4) is 0 Å². The number of amides is 2. The molecule has 0 unspecified atom stereocenters. The number of rotatable bonds is 11. The molecule has 0 aromatic heterocycles. The molecule has 2 aliphatic rings. The lowest BCUT2D eigenvalue weighted by atomic mass is 9.87. The van der Waals surface area contributed by atoms with Crippen molar-refractivity contribution in [2.75, 3.05) is 19.5 Å². The standard InChI is InChI=1S/C29H43ClN2O4/c1-20(2)36-25-15-12-23(18-26(25)35-4)28(29(34)31-24-13-10-21(3)11-14-24)32(27(33)19-30)17-16-22-8-6-5-7-9-22/h8,12,15,18,20-21,24,28H,5-7,9-11,13-14,16-17,19H2,1-4H3,(H,31,34)/t21?,24?,28-/m0/s1. The zero-order chi connectivity index (χ0) is 26.1. The van der Waals surface area contributed by atoms with Crippen LogP contribution in [0.1, 0.15) is 90.2 Å². The highest BCUT2D eigenvalue weighted by atomic mass is 35.5. The molecule has 0 saturated heterocycles. The van der Waals surface area contributed by atoms with Crippen molar-refractivity contribution in [3.05, 3.63) is 35.4 Å². The Morgan fingerprint density at radius 2 is 1.89 bits per heavy atom. The Morgan fingerprint density at radius 1 is 1.14 bits per heavy atom. The minimum atomic E-state index is -0.790. The molecule has 36 heavy (non-hydrogen) atoms. The molecule has 1 atom stereocenters. The van der Waals surface area contributed by atoms with Crippen molar-refractivity contribution in [1.29, 1.82) is 0 Å². The van der Waals surface area contributed by atoms with Crippen molar-refractivity contribution in [2.45, 2.75) is 96.7 Å². The lowest BCUT2D eigenvalue weighted by Crippen LogP contribution is -2.48. The number of carbonyl (C=O) groups is 2. The van der Waals surface area contributed by atoms with Gasteiger partial charge in [0.25, 0.3) is 0 Å². The number of alkyl halides is 1. The van der Waals surface area contributed by atoms with Crippen LogP contribution in [0.2, 0.25) is 0 Å². The molecule has 1 N–H and O–H groups in total. The van der Waals surface area contributed by atoms with Crippen LogP contribution in [-0.4, -0.2) is 48.4 Å². The van der Waals surface area contributed by atoms with Crippen molar-refractivity contribution < 1.29 is 19.1 Å². The first kappa shape index (κ1) is 28.4. The number of benzene rings is 1. The summed E-state index contributed by atoms with van der Waals surface area (Å²) in [4.78, 5) is 28.6. The highest BCUT2D eigenvalue weighted by Crippen LogP contribution is 2.34. The van der Waals surface area contributed by atoms with Crippen molar-refractivity contribution in [2.24, 2.45) is 5.92 Å². The Labute approximate surface area is 221 Å². The molecule has 7 heteroatoms. The van der Waals surface area contributed by atoms with Crippen LogP contribution in [-0.2, 0) is 9.59 Å². The van der Waals surface area contributed by atoms with Gasteiger partial charge in [0.2, 0.25) is 11.8 Å². The molecule has 6 nitrogen and oxygen atoms in total. The summed E-state index contributed by atoms with van der Waals surface area (Å²) < 4.78 is 11.5. The number of halogens is 1.